The van der Waals surface area contributed by atoms with Gasteiger partial charge in [0.15, 0.2) is 0 Å². The summed E-state index contributed by atoms with van der Waals surface area (Å²) in [7, 11) is 0. The topological polar surface area (TPSA) is 53.4 Å². The molecule has 0 amide bonds. The highest BCUT2D eigenvalue weighted by molar-refractivity contribution is 7.99. The average molecular weight is 252 g/mol. The maximum atomic E-state index is 10.8. The molecular weight excluding hydrogens is 236 g/mol. The Balaban J connectivity index is 2.16. The van der Waals surface area contributed by atoms with Crippen LogP contribution in [0.25, 0.3) is 0 Å². The molecule has 1 N–H and O–H groups in total. The highest BCUT2D eigenvalue weighted by atomic mass is 32.2. The smallest absolute Gasteiger partial charge is 0.337 e. The first-order valence-electron chi connectivity index (χ1n) is 5.76. The fraction of sp³-hybridized carbons (Fsp3) is 0.500. The van der Waals surface area contributed by atoms with E-state index in [0.29, 0.717) is 6.04 Å². The number of carboxylic acid groups (broad SMARTS) is 1. The number of aromatic carboxylic acids is 1. The van der Waals surface area contributed by atoms with Gasteiger partial charge in [0, 0.05) is 24.5 Å². The van der Waals surface area contributed by atoms with Crippen molar-refractivity contribution in [3.8, 4) is 0 Å². The summed E-state index contributed by atoms with van der Waals surface area (Å²) in [5.41, 5.74) is 0.241. The van der Waals surface area contributed by atoms with Crippen molar-refractivity contribution in [3.05, 3.63) is 23.9 Å². The summed E-state index contributed by atoms with van der Waals surface area (Å²) in [6.07, 6.45) is 2.61. The third-order valence-electron chi connectivity index (χ3n) is 2.98. The van der Waals surface area contributed by atoms with Gasteiger partial charge in [-0.1, -0.05) is 0 Å². The summed E-state index contributed by atoms with van der Waals surface area (Å²) in [5.74, 6) is 2.29. The highest BCUT2D eigenvalue weighted by Gasteiger charge is 2.22. The summed E-state index contributed by atoms with van der Waals surface area (Å²) >= 11 is 1.97. The molecule has 1 aliphatic heterocycles. The second-order valence-electron chi connectivity index (χ2n) is 4.01. The molecule has 0 saturated carbocycles. The maximum Gasteiger partial charge on any atom is 0.337 e. The van der Waals surface area contributed by atoms with Crippen LogP contribution in [0.2, 0.25) is 0 Å². The van der Waals surface area contributed by atoms with Crippen LogP contribution >= 0.6 is 11.8 Å². The quantitative estimate of drug-likeness (QED) is 0.889. The third kappa shape index (κ3) is 2.72. The SMILES string of the molecule is CCN(c1ccc(C(=O)O)cn1)C1CCSC1. The molecule has 0 aliphatic carbocycles. The van der Waals surface area contributed by atoms with E-state index in [-0.39, 0.29) is 5.56 Å². The van der Waals surface area contributed by atoms with Crippen molar-refractivity contribution in [2.45, 2.75) is 19.4 Å². The van der Waals surface area contributed by atoms with Gasteiger partial charge in [-0.15, -0.1) is 0 Å². The maximum absolute atomic E-state index is 10.8. The first-order chi connectivity index (χ1) is 8.22. The van der Waals surface area contributed by atoms with Crippen molar-refractivity contribution in [1.82, 2.24) is 4.98 Å². The Morgan fingerprint density at radius 3 is 2.94 bits per heavy atom. The van der Waals surface area contributed by atoms with Crippen LogP contribution in [-0.2, 0) is 0 Å². The Kier molecular flexibility index (Phi) is 3.89. The Hall–Kier alpha value is -1.23. The van der Waals surface area contributed by atoms with E-state index in [1.165, 1.54) is 18.4 Å². The van der Waals surface area contributed by atoms with E-state index in [1.807, 2.05) is 11.8 Å². The van der Waals surface area contributed by atoms with E-state index < -0.39 is 5.97 Å². The lowest BCUT2D eigenvalue weighted by atomic mass is 10.2. The molecule has 1 saturated heterocycles. The minimum absolute atomic E-state index is 0.241. The summed E-state index contributed by atoms with van der Waals surface area (Å²) < 4.78 is 0. The van der Waals surface area contributed by atoms with Crippen molar-refractivity contribution < 1.29 is 9.90 Å². The number of thioether (sulfide) groups is 1. The molecule has 4 nitrogen and oxygen atoms in total. The summed E-state index contributed by atoms with van der Waals surface area (Å²) in [6, 6.07) is 3.96. The predicted octanol–water partition coefficient (Wildman–Crippen LogP) is 2.11. The van der Waals surface area contributed by atoms with Gasteiger partial charge in [0.1, 0.15) is 5.82 Å². The molecule has 0 aromatic carbocycles. The number of nitrogens with zero attached hydrogens (tertiary/aromatic N) is 2. The molecule has 1 aliphatic rings. The largest absolute Gasteiger partial charge is 0.478 e. The monoisotopic (exact) mass is 252 g/mol. The molecule has 17 heavy (non-hydrogen) atoms. The van der Waals surface area contributed by atoms with E-state index >= 15 is 0 Å². The van der Waals surface area contributed by atoms with E-state index in [9.17, 15) is 4.79 Å². The molecule has 1 fully saturated rings. The Morgan fingerprint density at radius 1 is 1.65 bits per heavy atom. The van der Waals surface area contributed by atoms with Gasteiger partial charge in [-0.2, -0.15) is 11.8 Å². The molecule has 0 bridgehead atoms. The zero-order valence-corrected chi connectivity index (χ0v) is 10.6. The zero-order chi connectivity index (χ0) is 12.3. The summed E-state index contributed by atoms with van der Waals surface area (Å²) in [5, 5.41) is 8.83. The van der Waals surface area contributed by atoms with Crippen molar-refractivity contribution in [2.75, 3.05) is 23.0 Å². The fourth-order valence-electron chi connectivity index (χ4n) is 2.06. The van der Waals surface area contributed by atoms with Crippen molar-refractivity contribution >= 4 is 23.5 Å². The summed E-state index contributed by atoms with van der Waals surface area (Å²) in [6.45, 7) is 3.01. The first-order valence-corrected chi connectivity index (χ1v) is 6.91. The second-order valence-corrected chi connectivity index (χ2v) is 5.16. The van der Waals surface area contributed by atoms with Crippen LogP contribution < -0.4 is 4.90 Å². The summed E-state index contributed by atoms with van der Waals surface area (Å²) in [4.78, 5) is 17.3. The van der Waals surface area contributed by atoms with Gasteiger partial charge in [0.05, 0.1) is 5.56 Å². The number of hydrogen-bond acceptors (Lipinski definition) is 4. The number of pyridine rings is 1. The number of carboxylic acids is 1. The van der Waals surface area contributed by atoms with E-state index in [4.69, 9.17) is 5.11 Å². The molecular formula is C12H16N2O2S. The van der Waals surface area contributed by atoms with Crippen molar-refractivity contribution in [1.29, 1.82) is 0 Å². The number of carbonyl (C=O) groups is 1. The Labute approximate surface area is 105 Å². The van der Waals surface area contributed by atoms with Crippen LogP contribution in [0.15, 0.2) is 18.3 Å². The Morgan fingerprint density at radius 2 is 2.47 bits per heavy atom. The molecule has 5 heteroatoms. The zero-order valence-electron chi connectivity index (χ0n) is 9.80. The molecule has 1 aromatic heterocycles. The van der Waals surface area contributed by atoms with Crippen LogP contribution in [0.5, 0.6) is 0 Å². The van der Waals surface area contributed by atoms with Crippen LogP contribution in [0, 0.1) is 0 Å². The van der Waals surface area contributed by atoms with E-state index in [0.717, 1.165) is 18.1 Å². The van der Waals surface area contributed by atoms with Gasteiger partial charge < -0.3 is 10.0 Å². The second kappa shape index (κ2) is 5.40. The van der Waals surface area contributed by atoms with Crippen LogP contribution in [0.1, 0.15) is 23.7 Å². The van der Waals surface area contributed by atoms with E-state index in [2.05, 4.69) is 16.8 Å². The van der Waals surface area contributed by atoms with Gasteiger partial charge in [-0.3, -0.25) is 0 Å². The van der Waals surface area contributed by atoms with Crippen LogP contribution in [0.4, 0.5) is 5.82 Å². The molecule has 1 unspecified atom stereocenters. The van der Waals surface area contributed by atoms with Gasteiger partial charge in [-0.25, -0.2) is 9.78 Å². The molecule has 92 valence electrons. The van der Waals surface area contributed by atoms with Crippen LogP contribution in [0.3, 0.4) is 0 Å². The molecule has 1 atom stereocenters. The minimum atomic E-state index is -0.927. The standard InChI is InChI=1S/C12H16N2O2S/c1-2-14(10-5-6-17-8-10)11-4-3-9(7-13-11)12(15)16/h3-4,7,10H,2,5-6,8H2,1H3,(H,15,16). The van der Waals surface area contributed by atoms with E-state index in [1.54, 1.807) is 12.1 Å². The number of hydrogen-bond donors (Lipinski definition) is 1. The minimum Gasteiger partial charge on any atom is -0.478 e. The Bertz CT molecular complexity index is 388. The predicted molar refractivity (Wildman–Crippen MR) is 69.9 cm³/mol. The molecule has 0 spiro atoms. The van der Waals surface area contributed by atoms with Gasteiger partial charge in [-0.05, 0) is 31.2 Å². The third-order valence-corrected chi connectivity index (χ3v) is 4.12. The van der Waals surface area contributed by atoms with Gasteiger partial charge >= 0.3 is 5.97 Å². The lowest BCUT2D eigenvalue weighted by Crippen LogP contribution is -2.35. The fourth-order valence-corrected chi connectivity index (χ4v) is 3.28. The normalized spacial score (nSPS) is 19.2. The van der Waals surface area contributed by atoms with Crippen LogP contribution in [-0.4, -0.2) is 40.2 Å². The lowest BCUT2D eigenvalue weighted by Gasteiger charge is -2.28. The number of rotatable bonds is 4. The molecule has 2 heterocycles. The highest BCUT2D eigenvalue weighted by Crippen LogP contribution is 2.25. The van der Waals surface area contributed by atoms with Gasteiger partial charge in [0.25, 0.3) is 0 Å². The average Bonchev–Trinajstić information content (AvgIpc) is 2.84. The first kappa shape index (κ1) is 12.2. The number of aromatic nitrogens is 1. The lowest BCUT2D eigenvalue weighted by molar-refractivity contribution is 0.0696. The van der Waals surface area contributed by atoms with Gasteiger partial charge in [0.2, 0.25) is 0 Å². The number of anilines is 1. The molecule has 1 aromatic rings. The molecule has 2 rings (SSSR count). The van der Waals surface area contributed by atoms with Crippen molar-refractivity contribution in [3.63, 3.8) is 0 Å². The molecule has 0 radical (unpaired) electrons. The van der Waals surface area contributed by atoms with Crippen molar-refractivity contribution in [2.24, 2.45) is 0 Å².